The molecule has 1 aliphatic rings. The predicted octanol–water partition coefficient (Wildman–Crippen LogP) is 4.20. The zero-order chi connectivity index (χ0) is 13.5. The Morgan fingerprint density at radius 3 is 2.72 bits per heavy atom. The Bertz CT molecular complexity index is 272. The zero-order valence-corrected chi connectivity index (χ0v) is 12.2. The van der Waals surface area contributed by atoms with Crippen LogP contribution in [0.15, 0.2) is 12.7 Å². The quantitative estimate of drug-likeness (QED) is 0.501. The number of rotatable bonds is 7. The topological polar surface area (TPSA) is 26.3 Å². The Morgan fingerprint density at radius 2 is 2.22 bits per heavy atom. The molecule has 4 atom stereocenters. The van der Waals surface area contributed by atoms with E-state index < -0.39 is 0 Å². The van der Waals surface area contributed by atoms with Crippen LogP contribution in [0.3, 0.4) is 0 Å². The van der Waals surface area contributed by atoms with Gasteiger partial charge in [0.25, 0.3) is 0 Å². The first-order valence-electron chi connectivity index (χ1n) is 7.35. The third-order valence-corrected chi connectivity index (χ3v) is 4.45. The molecule has 0 spiro atoms. The van der Waals surface area contributed by atoms with Crippen molar-refractivity contribution in [3.8, 4) is 0 Å². The summed E-state index contributed by atoms with van der Waals surface area (Å²) in [4.78, 5) is 11.1. The average molecular weight is 252 g/mol. The first kappa shape index (κ1) is 15.3. The molecular formula is C16H28O2. The molecule has 0 N–H and O–H groups in total. The smallest absolute Gasteiger partial charge is 0.330 e. The van der Waals surface area contributed by atoms with Gasteiger partial charge in [-0.15, -0.1) is 0 Å². The normalized spacial score (nSPS) is 26.6. The lowest BCUT2D eigenvalue weighted by atomic mass is 9.84. The molecule has 0 aromatic heterocycles. The van der Waals surface area contributed by atoms with E-state index in [0.717, 1.165) is 24.2 Å². The van der Waals surface area contributed by atoms with Gasteiger partial charge >= 0.3 is 5.97 Å². The van der Waals surface area contributed by atoms with Gasteiger partial charge in [0.2, 0.25) is 0 Å². The lowest BCUT2D eigenvalue weighted by Gasteiger charge is -2.24. The van der Waals surface area contributed by atoms with Gasteiger partial charge < -0.3 is 4.74 Å². The Morgan fingerprint density at radius 1 is 1.50 bits per heavy atom. The van der Waals surface area contributed by atoms with Gasteiger partial charge in [-0.05, 0) is 42.9 Å². The minimum Gasteiger partial charge on any atom is -0.462 e. The Labute approximate surface area is 112 Å². The molecule has 0 amide bonds. The summed E-state index contributed by atoms with van der Waals surface area (Å²) < 4.78 is 5.17. The van der Waals surface area contributed by atoms with Crippen LogP contribution in [-0.4, -0.2) is 12.6 Å². The average Bonchev–Trinajstić information content (AvgIpc) is 2.80. The summed E-state index contributed by atoms with van der Waals surface area (Å²) in [5, 5.41) is 0. The molecular weight excluding hydrogens is 224 g/mol. The Kier molecular flexibility index (Phi) is 6.45. The summed E-state index contributed by atoms with van der Waals surface area (Å²) in [6.07, 6.45) is 7.65. The van der Waals surface area contributed by atoms with Crippen molar-refractivity contribution >= 4 is 5.97 Å². The van der Waals surface area contributed by atoms with Gasteiger partial charge in [-0.2, -0.15) is 0 Å². The standard InChI is InChI=1S/C16H28O2/c1-5-14(11-18-16(17)6-2)10-13(4)15-8-7-12(3)9-15/h6,12-15H,2,5,7-11H2,1,3-4H3/t12?,13-,14?,15?/m0/s1. The molecule has 18 heavy (non-hydrogen) atoms. The lowest BCUT2D eigenvalue weighted by Crippen LogP contribution is -2.18. The van der Waals surface area contributed by atoms with Gasteiger partial charge in [-0.25, -0.2) is 4.79 Å². The van der Waals surface area contributed by atoms with Crippen molar-refractivity contribution in [3.63, 3.8) is 0 Å². The van der Waals surface area contributed by atoms with E-state index in [1.165, 1.54) is 31.8 Å². The van der Waals surface area contributed by atoms with Crippen LogP contribution in [0.25, 0.3) is 0 Å². The maximum atomic E-state index is 11.1. The van der Waals surface area contributed by atoms with E-state index in [0.29, 0.717) is 12.5 Å². The van der Waals surface area contributed by atoms with E-state index >= 15 is 0 Å². The number of ether oxygens (including phenoxy) is 1. The first-order chi connectivity index (χ1) is 8.56. The molecule has 0 saturated heterocycles. The second-order valence-electron chi connectivity index (χ2n) is 6.00. The monoisotopic (exact) mass is 252 g/mol. The second kappa shape index (κ2) is 7.60. The molecule has 0 radical (unpaired) electrons. The summed E-state index contributed by atoms with van der Waals surface area (Å²) in [6.45, 7) is 10.9. The Balaban J connectivity index is 2.32. The molecule has 104 valence electrons. The minimum atomic E-state index is -0.296. The van der Waals surface area contributed by atoms with Crippen LogP contribution in [-0.2, 0) is 9.53 Å². The van der Waals surface area contributed by atoms with E-state index in [9.17, 15) is 4.79 Å². The number of carbonyl (C=O) groups is 1. The summed E-state index contributed by atoms with van der Waals surface area (Å²) in [6, 6.07) is 0. The molecule has 0 aromatic carbocycles. The molecule has 0 aliphatic heterocycles. The van der Waals surface area contributed by atoms with Crippen molar-refractivity contribution in [2.45, 2.75) is 52.9 Å². The predicted molar refractivity (Wildman–Crippen MR) is 75.2 cm³/mol. The van der Waals surface area contributed by atoms with Gasteiger partial charge in [-0.3, -0.25) is 0 Å². The number of hydrogen-bond donors (Lipinski definition) is 0. The minimum absolute atomic E-state index is 0.296. The summed E-state index contributed by atoms with van der Waals surface area (Å²) >= 11 is 0. The SMILES string of the molecule is C=CC(=O)OCC(CC)C[C@H](C)C1CCC(C)C1. The van der Waals surface area contributed by atoms with Crippen molar-refractivity contribution in [3.05, 3.63) is 12.7 Å². The van der Waals surface area contributed by atoms with E-state index in [2.05, 4.69) is 27.4 Å². The largest absolute Gasteiger partial charge is 0.462 e. The van der Waals surface area contributed by atoms with Crippen LogP contribution in [0.5, 0.6) is 0 Å². The molecule has 0 bridgehead atoms. The van der Waals surface area contributed by atoms with E-state index in [4.69, 9.17) is 4.74 Å². The lowest BCUT2D eigenvalue weighted by molar-refractivity contribution is -0.139. The van der Waals surface area contributed by atoms with Crippen molar-refractivity contribution < 1.29 is 9.53 Å². The fourth-order valence-electron chi connectivity index (χ4n) is 3.10. The second-order valence-corrected chi connectivity index (χ2v) is 6.00. The van der Waals surface area contributed by atoms with E-state index in [-0.39, 0.29) is 5.97 Å². The molecule has 0 aromatic rings. The highest BCUT2D eigenvalue weighted by atomic mass is 16.5. The number of esters is 1. The number of hydrogen-bond acceptors (Lipinski definition) is 2. The first-order valence-corrected chi connectivity index (χ1v) is 7.35. The van der Waals surface area contributed by atoms with Crippen molar-refractivity contribution in [2.24, 2.45) is 23.7 Å². The fourth-order valence-corrected chi connectivity index (χ4v) is 3.10. The molecule has 2 nitrogen and oxygen atoms in total. The zero-order valence-electron chi connectivity index (χ0n) is 12.2. The van der Waals surface area contributed by atoms with Gasteiger partial charge in [0.05, 0.1) is 6.61 Å². The summed E-state index contributed by atoms with van der Waals surface area (Å²) in [5.74, 6) is 2.73. The molecule has 0 heterocycles. The van der Waals surface area contributed by atoms with Crippen LogP contribution in [0.4, 0.5) is 0 Å². The fraction of sp³-hybridized carbons (Fsp3) is 0.812. The van der Waals surface area contributed by atoms with E-state index in [1.54, 1.807) is 0 Å². The van der Waals surface area contributed by atoms with Crippen LogP contribution in [0.1, 0.15) is 52.9 Å². The maximum Gasteiger partial charge on any atom is 0.330 e. The van der Waals surface area contributed by atoms with Crippen LogP contribution in [0, 0.1) is 23.7 Å². The van der Waals surface area contributed by atoms with Crippen molar-refractivity contribution in [1.82, 2.24) is 0 Å². The van der Waals surface area contributed by atoms with Crippen molar-refractivity contribution in [2.75, 3.05) is 6.61 Å². The third-order valence-electron chi connectivity index (χ3n) is 4.45. The molecule has 3 unspecified atom stereocenters. The maximum absolute atomic E-state index is 11.1. The van der Waals surface area contributed by atoms with Gasteiger partial charge in [0, 0.05) is 6.08 Å². The van der Waals surface area contributed by atoms with Crippen LogP contribution < -0.4 is 0 Å². The highest BCUT2D eigenvalue weighted by molar-refractivity contribution is 5.81. The molecule has 1 fully saturated rings. The van der Waals surface area contributed by atoms with E-state index in [1.807, 2.05) is 0 Å². The highest BCUT2D eigenvalue weighted by Gasteiger charge is 2.27. The third kappa shape index (κ3) is 4.83. The molecule has 1 aliphatic carbocycles. The van der Waals surface area contributed by atoms with Crippen molar-refractivity contribution in [1.29, 1.82) is 0 Å². The highest BCUT2D eigenvalue weighted by Crippen LogP contribution is 2.38. The molecule has 1 saturated carbocycles. The number of carbonyl (C=O) groups excluding carboxylic acids is 1. The molecule has 1 rings (SSSR count). The summed E-state index contributed by atoms with van der Waals surface area (Å²) in [7, 11) is 0. The Hall–Kier alpha value is -0.790. The van der Waals surface area contributed by atoms with Gasteiger partial charge in [0.1, 0.15) is 0 Å². The van der Waals surface area contributed by atoms with Crippen LogP contribution >= 0.6 is 0 Å². The van der Waals surface area contributed by atoms with Crippen LogP contribution in [0.2, 0.25) is 0 Å². The molecule has 2 heteroatoms. The van der Waals surface area contributed by atoms with Gasteiger partial charge in [-0.1, -0.05) is 40.2 Å². The van der Waals surface area contributed by atoms with Gasteiger partial charge in [0.15, 0.2) is 0 Å². The summed E-state index contributed by atoms with van der Waals surface area (Å²) in [5.41, 5.74) is 0.